The van der Waals surface area contributed by atoms with Crippen LogP contribution in [0.25, 0.3) is 0 Å². The van der Waals surface area contributed by atoms with E-state index in [1.807, 2.05) is 13.8 Å². The second-order valence-electron chi connectivity index (χ2n) is 4.61. The molecule has 1 aromatic heterocycles. The van der Waals surface area contributed by atoms with Crippen molar-refractivity contribution in [1.29, 1.82) is 0 Å². The number of hydrogen-bond donors (Lipinski definition) is 2. The molecule has 0 bridgehead atoms. The normalized spacial score (nSPS) is 9.73. The first-order chi connectivity index (χ1) is 10.2. The van der Waals surface area contributed by atoms with Gasteiger partial charge in [0, 0.05) is 13.5 Å². The maximum absolute atomic E-state index is 12.8. The molecule has 124 valence electrons. The number of aromatic amines is 1. The summed E-state index contributed by atoms with van der Waals surface area (Å²) in [5, 5.41) is 2.42. The first kappa shape index (κ1) is 19.6. The molecule has 0 aliphatic rings. The fraction of sp³-hybridized carbons (Fsp3) is 0.538. The van der Waals surface area contributed by atoms with Gasteiger partial charge in [-0.15, -0.1) is 0 Å². The zero-order valence-electron chi connectivity index (χ0n) is 12.9. The molecule has 9 heteroatoms. The summed E-state index contributed by atoms with van der Waals surface area (Å²) < 4.78 is 17.7. The number of ether oxygens (including phenoxy) is 1. The van der Waals surface area contributed by atoms with Crippen LogP contribution in [0, 0.1) is 11.7 Å². The van der Waals surface area contributed by atoms with Crippen molar-refractivity contribution in [2.45, 2.75) is 27.7 Å². The predicted octanol–water partition coefficient (Wildman–Crippen LogP) is 0.459. The Morgan fingerprint density at radius 3 is 2.41 bits per heavy atom. The van der Waals surface area contributed by atoms with Gasteiger partial charge in [0.1, 0.15) is 0 Å². The van der Waals surface area contributed by atoms with Crippen molar-refractivity contribution < 1.29 is 18.7 Å². The number of rotatable bonds is 3. The highest BCUT2D eigenvalue weighted by Crippen LogP contribution is 1.89. The summed E-state index contributed by atoms with van der Waals surface area (Å²) in [6, 6.07) is -0.770. The van der Waals surface area contributed by atoms with Crippen LogP contribution in [0.3, 0.4) is 0 Å². The van der Waals surface area contributed by atoms with Crippen LogP contribution in [0.15, 0.2) is 15.8 Å². The Labute approximate surface area is 126 Å². The summed E-state index contributed by atoms with van der Waals surface area (Å²) in [6.07, 6.45) is 0.566. The average molecular weight is 317 g/mol. The summed E-state index contributed by atoms with van der Waals surface area (Å²) in [7, 11) is 0. The second kappa shape index (κ2) is 9.48. The van der Waals surface area contributed by atoms with Gasteiger partial charge in [-0.1, -0.05) is 13.8 Å². The Balaban J connectivity index is 0.000000626. The smallest absolute Gasteiger partial charge is 0.336 e. The van der Waals surface area contributed by atoms with Gasteiger partial charge >= 0.3 is 17.7 Å². The van der Waals surface area contributed by atoms with E-state index < -0.39 is 23.1 Å². The third-order valence-electron chi connectivity index (χ3n) is 2.13. The molecule has 1 amide bonds. The van der Waals surface area contributed by atoms with Crippen LogP contribution in [0.1, 0.15) is 27.7 Å². The van der Waals surface area contributed by atoms with Crippen LogP contribution < -0.4 is 16.6 Å². The van der Waals surface area contributed by atoms with Gasteiger partial charge < -0.3 is 10.1 Å². The summed E-state index contributed by atoms with van der Waals surface area (Å²) in [4.78, 5) is 44.8. The molecule has 0 saturated carbocycles. The Morgan fingerprint density at radius 1 is 1.41 bits per heavy atom. The Hall–Kier alpha value is -2.45. The molecule has 0 spiro atoms. The molecule has 0 aromatic carbocycles. The molecule has 0 saturated heterocycles. The van der Waals surface area contributed by atoms with E-state index in [1.54, 1.807) is 11.9 Å². The van der Waals surface area contributed by atoms with E-state index >= 15 is 0 Å². The van der Waals surface area contributed by atoms with Crippen LogP contribution in [-0.4, -0.2) is 34.7 Å². The topological polar surface area (TPSA) is 110 Å². The van der Waals surface area contributed by atoms with Gasteiger partial charge in [0.2, 0.25) is 5.82 Å². The second-order valence-corrected chi connectivity index (χ2v) is 4.61. The highest BCUT2D eigenvalue weighted by Gasteiger charge is 2.10. The van der Waals surface area contributed by atoms with Crippen molar-refractivity contribution in [2.24, 2.45) is 5.92 Å². The third kappa shape index (κ3) is 7.36. The number of nitrogens with zero attached hydrogens (tertiary/aromatic N) is 1. The van der Waals surface area contributed by atoms with Gasteiger partial charge in [-0.2, -0.15) is 4.39 Å². The zero-order valence-corrected chi connectivity index (χ0v) is 12.9. The molecule has 0 radical (unpaired) electrons. The quantitative estimate of drug-likeness (QED) is 0.787. The number of carbonyl (C=O) groups is 2. The summed E-state index contributed by atoms with van der Waals surface area (Å²) in [5.74, 6) is -1.19. The zero-order chi connectivity index (χ0) is 17.3. The van der Waals surface area contributed by atoms with Crippen molar-refractivity contribution in [3.05, 3.63) is 32.9 Å². The summed E-state index contributed by atoms with van der Waals surface area (Å²) in [5.41, 5.74) is -2.11. The Morgan fingerprint density at radius 2 is 2.00 bits per heavy atom. The van der Waals surface area contributed by atoms with Gasteiger partial charge in [-0.05, 0) is 12.8 Å². The maximum Gasteiger partial charge on any atom is 0.336 e. The number of halogens is 1. The lowest BCUT2D eigenvalue weighted by molar-refractivity contribution is -0.140. The molecule has 0 aliphatic heterocycles. The number of amides is 1. The van der Waals surface area contributed by atoms with Gasteiger partial charge in [-0.3, -0.25) is 14.6 Å². The van der Waals surface area contributed by atoms with Crippen LogP contribution >= 0.6 is 0 Å². The molecule has 0 atom stereocenters. The molecule has 0 unspecified atom stereocenters. The minimum Gasteiger partial charge on any atom is -0.466 e. The lowest BCUT2D eigenvalue weighted by Crippen LogP contribution is -2.41. The van der Waals surface area contributed by atoms with Gasteiger partial charge in [-0.25, -0.2) is 14.2 Å². The van der Waals surface area contributed by atoms with Crippen molar-refractivity contribution in [2.75, 3.05) is 13.2 Å². The van der Waals surface area contributed by atoms with Crippen LogP contribution in [0.4, 0.5) is 9.18 Å². The third-order valence-corrected chi connectivity index (χ3v) is 2.13. The van der Waals surface area contributed by atoms with E-state index in [4.69, 9.17) is 0 Å². The monoisotopic (exact) mass is 317 g/mol. The van der Waals surface area contributed by atoms with Crippen LogP contribution in [0.5, 0.6) is 0 Å². The maximum atomic E-state index is 12.8. The number of H-pyrrole nitrogens is 1. The molecular weight excluding hydrogens is 297 g/mol. The van der Waals surface area contributed by atoms with Crippen molar-refractivity contribution in [3.63, 3.8) is 0 Å². The fourth-order valence-electron chi connectivity index (χ4n) is 1.18. The van der Waals surface area contributed by atoms with E-state index in [9.17, 15) is 23.6 Å². The molecule has 1 heterocycles. The number of hydrogen-bond acceptors (Lipinski definition) is 5. The molecule has 2 N–H and O–H groups in total. The van der Waals surface area contributed by atoms with E-state index in [-0.39, 0.29) is 11.9 Å². The minimum absolute atomic E-state index is 0.201. The molecule has 1 rings (SSSR count). The molecule has 8 nitrogen and oxygen atoms in total. The first-order valence-corrected chi connectivity index (χ1v) is 6.62. The highest BCUT2D eigenvalue weighted by atomic mass is 19.1. The van der Waals surface area contributed by atoms with E-state index in [0.717, 1.165) is 0 Å². The molecule has 1 aromatic rings. The number of carbonyl (C=O) groups excluding carboxylic acids is 2. The molecule has 0 fully saturated rings. The first-order valence-electron chi connectivity index (χ1n) is 6.62. The summed E-state index contributed by atoms with van der Waals surface area (Å²) in [6.45, 7) is 7.75. The van der Waals surface area contributed by atoms with Crippen LogP contribution in [-0.2, 0) is 9.53 Å². The van der Waals surface area contributed by atoms with Gasteiger partial charge in [0.05, 0.1) is 12.8 Å². The molecule has 22 heavy (non-hydrogen) atoms. The predicted molar refractivity (Wildman–Crippen MR) is 77.2 cm³/mol. The standard InChI is InChI=1S/C9H12FN3O3.C4H8O2/c1-5(2)3-11-8(15)13-4-6(10)7(14)12-9(13)16;1-3-6-4(2)5/h4-5H,3H2,1-2H3,(H,11,15)(H,12,14,16);3H2,1-2H3. The van der Waals surface area contributed by atoms with E-state index in [0.29, 0.717) is 23.9 Å². The molecular formula is C13H20FN3O5. The minimum atomic E-state index is -1.18. The van der Waals surface area contributed by atoms with E-state index in [2.05, 4.69) is 10.1 Å². The van der Waals surface area contributed by atoms with Crippen molar-refractivity contribution >= 4 is 12.0 Å². The van der Waals surface area contributed by atoms with Crippen molar-refractivity contribution in [3.8, 4) is 0 Å². The SMILES string of the molecule is CC(C)CNC(=O)n1cc(F)c(=O)[nH]c1=O.CCOC(C)=O. The Kier molecular flexibility index (Phi) is 8.42. The van der Waals surface area contributed by atoms with E-state index in [1.165, 1.54) is 6.92 Å². The lowest BCUT2D eigenvalue weighted by atomic mass is 10.2. The van der Waals surface area contributed by atoms with Gasteiger partial charge in [0.15, 0.2) is 0 Å². The average Bonchev–Trinajstić information content (AvgIpc) is 2.40. The lowest BCUT2D eigenvalue weighted by Gasteiger charge is -2.08. The van der Waals surface area contributed by atoms with Gasteiger partial charge in [0.25, 0.3) is 5.56 Å². The highest BCUT2D eigenvalue weighted by molar-refractivity contribution is 5.76. The number of esters is 1. The molecule has 0 aliphatic carbocycles. The fourth-order valence-corrected chi connectivity index (χ4v) is 1.18. The largest absolute Gasteiger partial charge is 0.466 e. The Bertz CT molecular complexity index is 621. The number of aromatic nitrogens is 2. The summed E-state index contributed by atoms with van der Waals surface area (Å²) >= 11 is 0. The number of nitrogens with one attached hydrogen (secondary N) is 2. The van der Waals surface area contributed by atoms with Crippen LogP contribution in [0.2, 0.25) is 0 Å². The van der Waals surface area contributed by atoms with Crippen molar-refractivity contribution in [1.82, 2.24) is 14.9 Å².